The number of amides is 1. The van der Waals surface area contributed by atoms with Crippen LogP contribution >= 0.6 is 15.9 Å². The van der Waals surface area contributed by atoms with E-state index in [1.165, 1.54) is 38.5 Å². The van der Waals surface area contributed by atoms with Gasteiger partial charge in [0.2, 0.25) is 5.91 Å². The number of rotatable bonds is 1. The fourth-order valence-corrected chi connectivity index (χ4v) is 3.07. The van der Waals surface area contributed by atoms with Gasteiger partial charge in [0.1, 0.15) is 0 Å². The summed E-state index contributed by atoms with van der Waals surface area (Å²) in [5.41, 5.74) is 0. The highest BCUT2D eigenvalue weighted by Gasteiger charge is 2.34. The summed E-state index contributed by atoms with van der Waals surface area (Å²) in [6.07, 6.45) is 8.78. The van der Waals surface area contributed by atoms with Gasteiger partial charge in [0, 0.05) is 12.6 Å². The molecule has 2 fully saturated rings. The lowest BCUT2D eigenvalue weighted by Gasteiger charge is -2.26. The number of carbonyl (C=O) groups is 1. The summed E-state index contributed by atoms with van der Waals surface area (Å²) in [7, 11) is 0. The maximum atomic E-state index is 11.8. The van der Waals surface area contributed by atoms with E-state index in [2.05, 4.69) is 20.8 Å². The Bertz CT molecular complexity index is 211. The van der Waals surface area contributed by atoms with E-state index in [1.807, 2.05) is 0 Å². The number of hydrogen-bond donors (Lipinski definition) is 0. The number of likely N-dealkylation sites (tertiary alicyclic amines) is 1. The Morgan fingerprint density at radius 3 is 2.21 bits per heavy atom. The Labute approximate surface area is 94.2 Å². The van der Waals surface area contributed by atoms with Gasteiger partial charge in [-0.2, -0.15) is 0 Å². The molecule has 3 heteroatoms. The first-order valence-corrected chi connectivity index (χ1v) is 6.65. The van der Waals surface area contributed by atoms with Crippen LogP contribution in [0.25, 0.3) is 0 Å². The van der Waals surface area contributed by atoms with Crippen LogP contribution in [-0.4, -0.2) is 28.2 Å². The monoisotopic (exact) mass is 259 g/mol. The van der Waals surface area contributed by atoms with Gasteiger partial charge >= 0.3 is 0 Å². The second kappa shape index (κ2) is 4.65. The molecule has 1 aliphatic heterocycles. The molecule has 14 heavy (non-hydrogen) atoms. The summed E-state index contributed by atoms with van der Waals surface area (Å²) in [6, 6.07) is 0.549. The molecular weight excluding hydrogens is 242 g/mol. The number of halogens is 1. The zero-order valence-corrected chi connectivity index (χ0v) is 10.1. The van der Waals surface area contributed by atoms with Crippen molar-refractivity contribution in [1.82, 2.24) is 4.90 Å². The predicted molar refractivity (Wildman–Crippen MR) is 60.5 cm³/mol. The molecule has 0 bridgehead atoms. The molecule has 1 heterocycles. The molecule has 80 valence electrons. The molecule has 1 amide bonds. The van der Waals surface area contributed by atoms with Gasteiger partial charge in [-0.1, -0.05) is 41.6 Å². The summed E-state index contributed by atoms with van der Waals surface area (Å²) in [6.45, 7) is 0.972. The molecule has 0 aromatic rings. The van der Waals surface area contributed by atoms with E-state index in [1.54, 1.807) is 0 Å². The Morgan fingerprint density at radius 2 is 1.71 bits per heavy atom. The predicted octanol–water partition coefficient (Wildman–Crippen LogP) is 2.71. The molecule has 1 aliphatic carbocycles. The first-order chi connectivity index (χ1) is 6.79. The fraction of sp³-hybridized carbons (Fsp3) is 0.909. The summed E-state index contributed by atoms with van der Waals surface area (Å²) in [5, 5.41) is 0. The molecule has 0 aromatic heterocycles. The largest absolute Gasteiger partial charge is 0.339 e. The summed E-state index contributed by atoms with van der Waals surface area (Å²) < 4.78 is 0. The van der Waals surface area contributed by atoms with Crippen LogP contribution in [0.4, 0.5) is 0 Å². The van der Waals surface area contributed by atoms with E-state index in [9.17, 15) is 4.79 Å². The minimum atomic E-state index is 0.103. The number of alkyl halides is 1. The van der Waals surface area contributed by atoms with Crippen molar-refractivity contribution in [2.45, 2.75) is 55.8 Å². The van der Waals surface area contributed by atoms with Gasteiger partial charge in [0.15, 0.2) is 0 Å². The third-order valence-corrected chi connectivity index (χ3v) is 4.29. The standard InChI is InChI=1S/C11H18BrNO/c12-10-7-8-13(11(10)14)9-5-3-1-2-4-6-9/h9-10H,1-8H2. The summed E-state index contributed by atoms with van der Waals surface area (Å²) in [5.74, 6) is 0.330. The van der Waals surface area contributed by atoms with Crippen molar-refractivity contribution < 1.29 is 4.79 Å². The van der Waals surface area contributed by atoms with Gasteiger partial charge in [-0.3, -0.25) is 4.79 Å². The molecule has 2 aliphatic rings. The molecule has 0 N–H and O–H groups in total. The van der Waals surface area contributed by atoms with Gasteiger partial charge in [-0.05, 0) is 19.3 Å². The van der Waals surface area contributed by atoms with Crippen molar-refractivity contribution in [2.75, 3.05) is 6.54 Å². The first kappa shape index (κ1) is 10.5. The average Bonchev–Trinajstić information content (AvgIpc) is 2.47. The van der Waals surface area contributed by atoms with Crippen LogP contribution in [0.5, 0.6) is 0 Å². The second-order valence-corrected chi connectivity index (χ2v) is 5.54. The van der Waals surface area contributed by atoms with Crippen molar-refractivity contribution in [3.63, 3.8) is 0 Å². The average molecular weight is 260 g/mol. The van der Waals surface area contributed by atoms with Gasteiger partial charge in [0.25, 0.3) is 0 Å². The summed E-state index contributed by atoms with van der Waals surface area (Å²) >= 11 is 3.44. The van der Waals surface area contributed by atoms with Gasteiger partial charge < -0.3 is 4.90 Å². The zero-order chi connectivity index (χ0) is 9.97. The quantitative estimate of drug-likeness (QED) is 0.524. The van der Waals surface area contributed by atoms with Crippen LogP contribution in [0.15, 0.2) is 0 Å². The van der Waals surface area contributed by atoms with Crippen LogP contribution in [0.3, 0.4) is 0 Å². The summed E-state index contributed by atoms with van der Waals surface area (Å²) in [4.78, 5) is 14.0. The SMILES string of the molecule is O=C1C(Br)CCN1C1CCCCCC1. The second-order valence-electron chi connectivity index (χ2n) is 4.43. The van der Waals surface area contributed by atoms with Crippen molar-refractivity contribution >= 4 is 21.8 Å². The van der Waals surface area contributed by atoms with Crippen LogP contribution in [0, 0.1) is 0 Å². The highest BCUT2D eigenvalue weighted by Crippen LogP contribution is 2.27. The smallest absolute Gasteiger partial charge is 0.236 e. The maximum absolute atomic E-state index is 11.8. The van der Waals surface area contributed by atoms with Crippen LogP contribution in [0.1, 0.15) is 44.9 Å². The lowest BCUT2D eigenvalue weighted by Crippen LogP contribution is -2.37. The van der Waals surface area contributed by atoms with Crippen LogP contribution in [0.2, 0.25) is 0 Å². The molecule has 1 atom stereocenters. The minimum absolute atomic E-state index is 0.103. The lowest BCUT2D eigenvalue weighted by molar-refractivity contribution is -0.129. The third-order valence-electron chi connectivity index (χ3n) is 3.44. The zero-order valence-electron chi connectivity index (χ0n) is 8.54. The van der Waals surface area contributed by atoms with Gasteiger partial charge in [0.05, 0.1) is 4.83 Å². The molecule has 0 radical (unpaired) electrons. The molecule has 1 saturated heterocycles. The number of carbonyl (C=O) groups excluding carboxylic acids is 1. The van der Waals surface area contributed by atoms with Crippen molar-refractivity contribution in [3.8, 4) is 0 Å². The topological polar surface area (TPSA) is 20.3 Å². The van der Waals surface area contributed by atoms with E-state index >= 15 is 0 Å². The van der Waals surface area contributed by atoms with E-state index in [0.717, 1.165) is 13.0 Å². The molecule has 1 saturated carbocycles. The molecule has 0 aromatic carbocycles. The highest BCUT2D eigenvalue weighted by atomic mass is 79.9. The minimum Gasteiger partial charge on any atom is -0.339 e. The van der Waals surface area contributed by atoms with E-state index in [0.29, 0.717) is 11.9 Å². The van der Waals surface area contributed by atoms with Crippen LogP contribution < -0.4 is 0 Å². The highest BCUT2D eigenvalue weighted by molar-refractivity contribution is 9.10. The normalized spacial score (nSPS) is 30.8. The molecule has 2 rings (SSSR count). The maximum Gasteiger partial charge on any atom is 0.236 e. The number of nitrogens with zero attached hydrogens (tertiary/aromatic N) is 1. The van der Waals surface area contributed by atoms with Crippen LogP contribution in [-0.2, 0) is 4.79 Å². The Kier molecular flexibility index (Phi) is 3.47. The molecular formula is C11H18BrNO. The van der Waals surface area contributed by atoms with Crippen molar-refractivity contribution in [1.29, 1.82) is 0 Å². The van der Waals surface area contributed by atoms with Crippen molar-refractivity contribution in [2.24, 2.45) is 0 Å². The van der Waals surface area contributed by atoms with E-state index in [-0.39, 0.29) is 4.83 Å². The van der Waals surface area contributed by atoms with Crippen molar-refractivity contribution in [3.05, 3.63) is 0 Å². The Morgan fingerprint density at radius 1 is 1.07 bits per heavy atom. The molecule has 2 nitrogen and oxygen atoms in total. The lowest BCUT2D eigenvalue weighted by atomic mass is 10.1. The fourth-order valence-electron chi connectivity index (χ4n) is 2.60. The number of hydrogen-bond acceptors (Lipinski definition) is 1. The third kappa shape index (κ3) is 2.13. The van der Waals surface area contributed by atoms with Gasteiger partial charge in [-0.25, -0.2) is 0 Å². The first-order valence-electron chi connectivity index (χ1n) is 5.73. The van der Waals surface area contributed by atoms with E-state index < -0.39 is 0 Å². The molecule has 1 unspecified atom stereocenters. The van der Waals surface area contributed by atoms with E-state index in [4.69, 9.17) is 0 Å². The Hall–Kier alpha value is -0.0500. The van der Waals surface area contributed by atoms with Gasteiger partial charge in [-0.15, -0.1) is 0 Å². The molecule has 0 spiro atoms. The Balaban J connectivity index is 1.96.